The van der Waals surface area contributed by atoms with Crippen LogP contribution in [0, 0.1) is 6.92 Å². The molecule has 1 unspecified atom stereocenters. The van der Waals surface area contributed by atoms with Crippen LogP contribution in [0.3, 0.4) is 0 Å². The molecule has 5 heteroatoms. The summed E-state index contributed by atoms with van der Waals surface area (Å²) in [6, 6.07) is 10.1. The van der Waals surface area contributed by atoms with Crippen molar-refractivity contribution in [3.63, 3.8) is 0 Å². The van der Waals surface area contributed by atoms with Crippen molar-refractivity contribution < 1.29 is 9.53 Å². The minimum Gasteiger partial charge on any atom is -0.481 e. The summed E-state index contributed by atoms with van der Waals surface area (Å²) in [5.74, 6) is 1.94. The first kappa shape index (κ1) is 21.7. The zero-order chi connectivity index (χ0) is 20.7. The maximum atomic E-state index is 12.5. The Morgan fingerprint density at radius 2 is 1.86 bits per heavy atom. The molecule has 2 aromatic rings. The average Bonchev–Trinajstić information content (AvgIpc) is 2.67. The number of rotatable bonds is 9. The van der Waals surface area contributed by atoms with Gasteiger partial charge in [-0.15, -0.1) is 0 Å². The third kappa shape index (κ3) is 5.72. The molecular weight excluding hydrogens is 350 g/mol. The minimum atomic E-state index is -0.567. The molecule has 5 nitrogen and oxygen atoms in total. The van der Waals surface area contributed by atoms with E-state index in [0.29, 0.717) is 12.5 Å². The zero-order valence-electron chi connectivity index (χ0n) is 18.0. The molecule has 152 valence electrons. The molecule has 0 radical (unpaired) electrons. The average molecular weight is 384 g/mol. The van der Waals surface area contributed by atoms with Crippen molar-refractivity contribution >= 4 is 11.7 Å². The molecule has 1 heterocycles. The van der Waals surface area contributed by atoms with Crippen LogP contribution in [-0.4, -0.2) is 30.1 Å². The molecule has 0 aliphatic rings. The first-order valence-corrected chi connectivity index (χ1v) is 10.1. The van der Waals surface area contributed by atoms with Crippen LogP contribution in [0.4, 0.5) is 5.82 Å². The Kier molecular flexibility index (Phi) is 7.85. The summed E-state index contributed by atoms with van der Waals surface area (Å²) in [6.07, 6.45) is 1.25. The van der Waals surface area contributed by atoms with Gasteiger partial charge in [0.25, 0.3) is 5.91 Å². The maximum Gasteiger partial charge on any atom is 0.261 e. The topological polar surface area (TPSA) is 54.5 Å². The Hall–Kier alpha value is -2.56. The summed E-state index contributed by atoms with van der Waals surface area (Å²) >= 11 is 0. The van der Waals surface area contributed by atoms with E-state index in [4.69, 9.17) is 4.74 Å². The fourth-order valence-electron chi connectivity index (χ4n) is 3.05. The molecule has 2 rings (SSSR count). The van der Waals surface area contributed by atoms with E-state index in [1.54, 1.807) is 6.92 Å². The monoisotopic (exact) mass is 383 g/mol. The van der Waals surface area contributed by atoms with Crippen LogP contribution in [0.25, 0.3) is 0 Å². The summed E-state index contributed by atoms with van der Waals surface area (Å²) in [5, 5.41) is 2.94. The van der Waals surface area contributed by atoms with E-state index in [1.165, 1.54) is 0 Å². The lowest BCUT2D eigenvalue weighted by atomic mass is 10.0. The molecule has 0 spiro atoms. The van der Waals surface area contributed by atoms with E-state index in [0.717, 1.165) is 41.3 Å². The van der Waals surface area contributed by atoms with E-state index in [9.17, 15) is 4.79 Å². The van der Waals surface area contributed by atoms with E-state index >= 15 is 0 Å². The van der Waals surface area contributed by atoms with Gasteiger partial charge in [0.2, 0.25) is 0 Å². The van der Waals surface area contributed by atoms with Gasteiger partial charge in [0.05, 0.1) is 0 Å². The van der Waals surface area contributed by atoms with Crippen molar-refractivity contribution in [1.82, 2.24) is 10.3 Å². The molecule has 1 aromatic carbocycles. The van der Waals surface area contributed by atoms with Gasteiger partial charge in [-0.2, -0.15) is 0 Å². The van der Waals surface area contributed by atoms with Crippen LogP contribution in [0.15, 0.2) is 36.5 Å². The Bertz CT molecular complexity index is 768. The first-order chi connectivity index (χ1) is 13.3. The third-order valence-corrected chi connectivity index (χ3v) is 4.83. The highest BCUT2D eigenvalue weighted by Crippen LogP contribution is 2.28. The molecule has 0 saturated heterocycles. The van der Waals surface area contributed by atoms with Gasteiger partial charge in [0.1, 0.15) is 11.6 Å². The molecule has 1 aromatic heterocycles. The predicted octanol–water partition coefficient (Wildman–Crippen LogP) is 4.44. The van der Waals surface area contributed by atoms with Gasteiger partial charge in [-0.05, 0) is 62.4 Å². The van der Waals surface area contributed by atoms with Gasteiger partial charge in [-0.25, -0.2) is 4.98 Å². The van der Waals surface area contributed by atoms with Crippen LogP contribution in [0.2, 0.25) is 0 Å². The van der Waals surface area contributed by atoms with Gasteiger partial charge in [-0.1, -0.05) is 32.0 Å². The van der Waals surface area contributed by atoms with Gasteiger partial charge >= 0.3 is 0 Å². The molecule has 0 bridgehead atoms. The molecule has 1 N–H and O–H groups in total. The second-order valence-electron chi connectivity index (χ2n) is 7.37. The summed E-state index contributed by atoms with van der Waals surface area (Å²) in [7, 11) is 0. The Morgan fingerprint density at radius 1 is 1.14 bits per heavy atom. The number of carbonyl (C=O) groups excluding carboxylic acids is 1. The Balaban J connectivity index is 1.95. The van der Waals surface area contributed by atoms with Gasteiger partial charge < -0.3 is 15.0 Å². The zero-order valence-corrected chi connectivity index (χ0v) is 18.0. The number of anilines is 1. The number of nitrogens with zero attached hydrogens (tertiary/aromatic N) is 2. The van der Waals surface area contributed by atoms with E-state index in [1.807, 2.05) is 31.3 Å². The van der Waals surface area contributed by atoms with E-state index < -0.39 is 6.10 Å². The van der Waals surface area contributed by atoms with Crippen molar-refractivity contribution in [1.29, 1.82) is 0 Å². The predicted molar refractivity (Wildman–Crippen MR) is 115 cm³/mol. The van der Waals surface area contributed by atoms with E-state index in [-0.39, 0.29) is 5.91 Å². The van der Waals surface area contributed by atoms with Crippen LogP contribution < -0.4 is 15.0 Å². The highest BCUT2D eigenvalue weighted by Gasteiger charge is 2.17. The highest BCUT2D eigenvalue weighted by atomic mass is 16.5. The van der Waals surface area contributed by atoms with Crippen molar-refractivity contribution in [2.24, 2.45) is 0 Å². The number of pyridine rings is 1. The number of aromatic nitrogens is 1. The number of ether oxygens (including phenoxy) is 1. The lowest BCUT2D eigenvalue weighted by Gasteiger charge is -2.20. The lowest BCUT2D eigenvalue weighted by molar-refractivity contribution is -0.127. The van der Waals surface area contributed by atoms with E-state index in [2.05, 4.69) is 55.0 Å². The maximum absolute atomic E-state index is 12.5. The number of hydrogen-bond donors (Lipinski definition) is 1. The SMILES string of the molecule is CCN(CC)c1ccc(CNC(=O)C(C)Oc2cc(C)ccc2C(C)C)cn1. The van der Waals surface area contributed by atoms with Gasteiger partial charge in [-0.3, -0.25) is 4.79 Å². The standard InChI is InChI=1S/C23H33N3O2/c1-7-26(8-2)22-12-10-19(14-24-22)15-25-23(27)18(6)28-21-13-17(5)9-11-20(21)16(3)4/h9-14,16,18H,7-8,15H2,1-6H3,(H,25,27). The van der Waals surface area contributed by atoms with Gasteiger partial charge in [0.15, 0.2) is 6.10 Å². The summed E-state index contributed by atoms with van der Waals surface area (Å²) in [5.41, 5.74) is 3.20. The number of nitrogens with one attached hydrogen (secondary N) is 1. The number of benzene rings is 1. The smallest absolute Gasteiger partial charge is 0.261 e. The molecule has 0 aliphatic heterocycles. The molecule has 1 amide bonds. The third-order valence-electron chi connectivity index (χ3n) is 4.83. The lowest BCUT2D eigenvalue weighted by Crippen LogP contribution is -2.36. The largest absolute Gasteiger partial charge is 0.481 e. The second-order valence-corrected chi connectivity index (χ2v) is 7.37. The fourth-order valence-corrected chi connectivity index (χ4v) is 3.05. The normalized spacial score (nSPS) is 12.0. The first-order valence-electron chi connectivity index (χ1n) is 10.1. The summed E-state index contributed by atoms with van der Waals surface area (Å²) in [4.78, 5) is 19.2. The molecule has 28 heavy (non-hydrogen) atoms. The number of aryl methyl sites for hydroxylation is 1. The summed E-state index contributed by atoms with van der Waals surface area (Å²) < 4.78 is 5.98. The number of hydrogen-bond acceptors (Lipinski definition) is 4. The quantitative estimate of drug-likeness (QED) is 0.695. The van der Waals surface area contributed by atoms with Crippen LogP contribution in [0.5, 0.6) is 5.75 Å². The van der Waals surface area contributed by atoms with Gasteiger partial charge in [0, 0.05) is 25.8 Å². The number of carbonyl (C=O) groups is 1. The minimum absolute atomic E-state index is 0.135. The summed E-state index contributed by atoms with van der Waals surface area (Å²) in [6.45, 7) is 14.5. The fraction of sp³-hybridized carbons (Fsp3) is 0.478. The molecule has 0 saturated carbocycles. The number of amides is 1. The van der Waals surface area contributed by atoms with Crippen LogP contribution in [-0.2, 0) is 11.3 Å². The van der Waals surface area contributed by atoms with Crippen molar-refractivity contribution in [2.45, 2.75) is 60.1 Å². The second kappa shape index (κ2) is 10.1. The molecule has 0 fully saturated rings. The van der Waals surface area contributed by atoms with Crippen LogP contribution >= 0.6 is 0 Å². The van der Waals surface area contributed by atoms with Crippen molar-refractivity contribution in [3.8, 4) is 5.75 Å². The Morgan fingerprint density at radius 3 is 2.43 bits per heavy atom. The van der Waals surface area contributed by atoms with Crippen molar-refractivity contribution in [2.75, 3.05) is 18.0 Å². The Labute approximate surface area is 169 Å². The highest BCUT2D eigenvalue weighted by molar-refractivity contribution is 5.80. The molecule has 1 atom stereocenters. The van der Waals surface area contributed by atoms with Crippen molar-refractivity contribution in [3.05, 3.63) is 53.2 Å². The van der Waals surface area contributed by atoms with Crippen LogP contribution in [0.1, 0.15) is 57.2 Å². The molecular formula is C23H33N3O2. The molecule has 0 aliphatic carbocycles.